The molecule has 0 bridgehead atoms. The number of halogens is 4. The summed E-state index contributed by atoms with van der Waals surface area (Å²) in [7, 11) is 0. The topological polar surface area (TPSA) is 9.23 Å². The van der Waals surface area contributed by atoms with E-state index in [4.69, 9.17) is 0 Å². The lowest BCUT2D eigenvalue weighted by molar-refractivity contribution is -0.0544. The Morgan fingerprint density at radius 2 is 1.78 bits per heavy atom. The van der Waals surface area contributed by atoms with Crippen LogP contribution in [0, 0.1) is 17.6 Å². The maximum atomic E-state index is 14.4. The maximum Gasteiger partial charge on any atom is 0.387 e. The number of hydrogen-bond donors (Lipinski definition) is 0. The van der Waals surface area contributed by atoms with Crippen LogP contribution in [0.15, 0.2) is 24.3 Å². The Hall–Kier alpha value is -1.78. The monoisotopic (exact) mass is 382 g/mol. The van der Waals surface area contributed by atoms with E-state index >= 15 is 0 Å². The van der Waals surface area contributed by atoms with Crippen molar-refractivity contribution in [1.82, 2.24) is 0 Å². The summed E-state index contributed by atoms with van der Waals surface area (Å²) in [6.07, 6.45) is 9.67. The first kappa shape index (κ1) is 20.0. The van der Waals surface area contributed by atoms with Gasteiger partial charge in [-0.15, -0.1) is 0 Å². The summed E-state index contributed by atoms with van der Waals surface area (Å²) in [5.41, 5.74) is 1.07. The normalized spacial score (nSPS) is 20.4. The molecule has 0 unspecified atom stereocenters. The van der Waals surface area contributed by atoms with Crippen molar-refractivity contribution in [2.75, 3.05) is 0 Å². The first-order valence-electron chi connectivity index (χ1n) is 9.86. The minimum absolute atomic E-state index is 0.101. The van der Waals surface area contributed by atoms with Crippen LogP contribution in [0.1, 0.15) is 69.8 Å². The van der Waals surface area contributed by atoms with E-state index in [-0.39, 0.29) is 5.39 Å². The number of unbranched alkanes of at least 4 members (excludes halogenated alkanes) is 2. The number of benzene rings is 2. The zero-order chi connectivity index (χ0) is 19.4. The molecule has 0 amide bonds. The molecule has 0 heterocycles. The van der Waals surface area contributed by atoms with Gasteiger partial charge in [0.15, 0.2) is 17.4 Å². The van der Waals surface area contributed by atoms with Gasteiger partial charge >= 0.3 is 6.61 Å². The van der Waals surface area contributed by atoms with Crippen LogP contribution in [0.2, 0.25) is 0 Å². The molecule has 1 saturated carbocycles. The standard InChI is InChI=1S/C22H26F4O/c1-2-3-4-5-14-6-8-15(9-7-14)16-10-11-18-17(12-16)13-19(23)21(20(18)24)27-22(25)26/h10-15,22H,2-9H2,1H3. The summed E-state index contributed by atoms with van der Waals surface area (Å²) < 4.78 is 57.1. The molecule has 0 aliphatic heterocycles. The van der Waals surface area contributed by atoms with Crippen molar-refractivity contribution in [3.63, 3.8) is 0 Å². The lowest BCUT2D eigenvalue weighted by Crippen LogP contribution is -2.13. The van der Waals surface area contributed by atoms with E-state index in [1.54, 1.807) is 12.1 Å². The van der Waals surface area contributed by atoms with E-state index < -0.39 is 24.0 Å². The second kappa shape index (κ2) is 8.94. The molecule has 0 atom stereocenters. The van der Waals surface area contributed by atoms with Crippen molar-refractivity contribution in [2.45, 2.75) is 70.8 Å². The van der Waals surface area contributed by atoms with Gasteiger partial charge in [-0.25, -0.2) is 8.78 Å². The van der Waals surface area contributed by atoms with Gasteiger partial charge in [0, 0.05) is 5.39 Å². The first-order valence-corrected chi connectivity index (χ1v) is 9.86. The smallest absolute Gasteiger partial charge is 0.387 e. The highest BCUT2D eigenvalue weighted by Crippen LogP contribution is 2.39. The largest absolute Gasteiger partial charge is 0.429 e. The summed E-state index contributed by atoms with van der Waals surface area (Å²) in [5, 5.41) is 0.484. The summed E-state index contributed by atoms with van der Waals surface area (Å²) in [6, 6.07) is 6.24. The lowest BCUT2D eigenvalue weighted by Gasteiger charge is -2.29. The zero-order valence-corrected chi connectivity index (χ0v) is 15.6. The minimum Gasteiger partial charge on any atom is -0.429 e. The predicted octanol–water partition coefficient (Wildman–Crippen LogP) is 7.57. The number of rotatable bonds is 7. The molecule has 0 saturated heterocycles. The molecular weight excluding hydrogens is 356 g/mol. The molecule has 0 spiro atoms. The Labute approximate surface area is 157 Å². The van der Waals surface area contributed by atoms with Gasteiger partial charge in [-0.2, -0.15) is 8.78 Å². The molecule has 2 aromatic rings. The third kappa shape index (κ3) is 4.74. The minimum atomic E-state index is -3.27. The van der Waals surface area contributed by atoms with Gasteiger partial charge in [0.2, 0.25) is 0 Å². The van der Waals surface area contributed by atoms with E-state index in [1.807, 2.05) is 6.07 Å². The molecule has 3 rings (SSSR count). The van der Waals surface area contributed by atoms with E-state index in [1.165, 1.54) is 38.5 Å². The number of alkyl halides is 2. The zero-order valence-electron chi connectivity index (χ0n) is 15.6. The van der Waals surface area contributed by atoms with Crippen molar-refractivity contribution in [3.05, 3.63) is 41.5 Å². The van der Waals surface area contributed by atoms with E-state index in [0.29, 0.717) is 11.3 Å². The van der Waals surface area contributed by atoms with Crippen LogP contribution in [0.5, 0.6) is 5.75 Å². The average molecular weight is 382 g/mol. The van der Waals surface area contributed by atoms with Crippen LogP contribution >= 0.6 is 0 Å². The Morgan fingerprint density at radius 1 is 1.04 bits per heavy atom. The fraction of sp³-hybridized carbons (Fsp3) is 0.545. The Morgan fingerprint density at radius 3 is 2.44 bits per heavy atom. The fourth-order valence-corrected chi connectivity index (χ4v) is 4.25. The lowest BCUT2D eigenvalue weighted by atomic mass is 9.77. The fourth-order valence-electron chi connectivity index (χ4n) is 4.25. The molecule has 1 fully saturated rings. The quantitative estimate of drug-likeness (QED) is 0.354. The summed E-state index contributed by atoms with van der Waals surface area (Å²) >= 11 is 0. The molecule has 0 radical (unpaired) electrons. The molecular formula is C22H26F4O. The van der Waals surface area contributed by atoms with Crippen molar-refractivity contribution in [1.29, 1.82) is 0 Å². The second-order valence-electron chi connectivity index (χ2n) is 7.57. The van der Waals surface area contributed by atoms with E-state index in [2.05, 4.69) is 11.7 Å². The average Bonchev–Trinajstić information content (AvgIpc) is 2.65. The van der Waals surface area contributed by atoms with Gasteiger partial charge < -0.3 is 4.74 Å². The van der Waals surface area contributed by atoms with Gasteiger partial charge in [-0.1, -0.05) is 50.8 Å². The second-order valence-corrected chi connectivity index (χ2v) is 7.57. The highest BCUT2D eigenvalue weighted by atomic mass is 19.3. The molecule has 1 aliphatic rings. The number of fused-ring (bicyclic) bond motifs is 1. The Kier molecular flexibility index (Phi) is 6.61. The Balaban J connectivity index is 1.74. The van der Waals surface area contributed by atoms with Gasteiger partial charge in [0.25, 0.3) is 0 Å². The number of ether oxygens (including phenoxy) is 1. The van der Waals surface area contributed by atoms with Gasteiger partial charge in [0.05, 0.1) is 0 Å². The molecule has 1 aliphatic carbocycles. The SMILES string of the molecule is CCCCCC1CCC(c2ccc3c(F)c(OC(F)F)c(F)cc3c2)CC1. The van der Waals surface area contributed by atoms with Crippen LogP contribution in [0.3, 0.4) is 0 Å². The van der Waals surface area contributed by atoms with Crippen LogP contribution in [-0.4, -0.2) is 6.61 Å². The van der Waals surface area contributed by atoms with Crippen LogP contribution in [0.25, 0.3) is 10.8 Å². The van der Waals surface area contributed by atoms with Crippen molar-refractivity contribution >= 4 is 10.8 Å². The molecule has 148 valence electrons. The summed E-state index contributed by atoms with van der Waals surface area (Å²) in [4.78, 5) is 0. The molecule has 2 aromatic carbocycles. The summed E-state index contributed by atoms with van der Waals surface area (Å²) in [5.74, 6) is -2.01. The highest BCUT2D eigenvalue weighted by Gasteiger charge is 2.24. The van der Waals surface area contributed by atoms with E-state index in [0.717, 1.165) is 30.4 Å². The van der Waals surface area contributed by atoms with Crippen molar-refractivity contribution in [3.8, 4) is 5.75 Å². The van der Waals surface area contributed by atoms with E-state index in [9.17, 15) is 17.6 Å². The highest BCUT2D eigenvalue weighted by molar-refractivity contribution is 5.85. The summed E-state index contributed by atoms with van der Waals surface area (Å²) in [6.45, 7) is -1.05. The van der Waals surface area contributed by atoms with Crippen LogP contribution in [-0.2, 0) is 0 Å². The third-order valence-electron chi connectivity index (χ3n) is 5.75. The van der Waals surface area contributed by atoms with Crippen molar-refractivity contribution < 1.29 is 22.3 Å². The first-order chi connectivity index (χ1) is 13.0. The molecule has 1 nitrogen and oxygen atoms in total. The van der Waals surface area contributed by atoms with Gasteiger partial charge in [-0.05, 0) is 54.5 Å². The van der Waals surface area contributed by atoms with Gasteiger partial charge in [-0.3, -0.25) is 0 Å². The maximum absolute atomic E-state index is 14.4. The van der Waals surface area contributed by atoms with Crippen LogP contribution < -0.4 is 4.74 Å². The predicted molar refractivity (Wildman–Crippen MR) is 99.3 cm³/mol. The Bertz CT molecular complexity index is 766. The van der Waals surface area contributed by atoms with Gasteiger partial charge in [0.1, 0.15) is 0 Å². The molecule has 0 N–H and O–H groups in total. The van der Waals surface area contributed by atoms with Crippen molar-refractivity contribution in [2.24, 2.45) is 5.92 Å². The third-order valence-corrected chi connectivity index (χ3v) is 5.75. The van der Waals surface area contributed by atoms with Crippen LogP contribution in [0.4, 0.5) is 17.6 Å². The molecule has 0 aromatic heterocycles. The number of hydrogen-bond acceptors (Lipinski definition) is 1. The molecule has 27 heavy (non-hydrogen) atoms. The molecule has 5 heteroatoms.